The van der Waals surface area contributed by atoms with Crippen molar-refractivity contribution in [3.8, 4) is 0 Å². The van der Waals surface area contributed by atoms with Crippen LogP contribution in [0.2, 0.25) is 0 Å². The molecule has 0 radical (unpaired) electrons. The third-order valence-electron chi connectivity index (χ3n) is 4.93. The molecule has 134 valence electrons. The number of hydrogen-bond donors (Lipinski definition) is 1. The predicted octanol–water partition coefficient (Wildman–Crippen LogP) is 0.761. The molecule has 1 aliphatic heterocycles. The Morgan fingerprint density at radius 2 is 2.15 bits per heavy atom. The summed E-state index contributed by atoms with van der Waals surface area (Å²) in [5.74, 6) is -0.147. The van der Waals surface area contributed by atoms with E-state index in [1.54, 1.807) is 30.5 Å². The zero-order valence-electron chi connectivity index (χ0n) is 14.3. The first-order valence-corrected chi connectivity index (χ1v) is 8.42. The average molecular weight is 353 g/mol. The van der Waals surface area contributed by atoms with E-state index >= 15 is 0 Å². The fourth-order valence-corrected chi connectivity index (χ4v) is 3.49. The highest BCUT2D eigenvalue weighted by atomic mass is 16.5. The summed E-state index contributed by atoms with van der Waals surface area (Å²) in [4.78, 5) is 27.1. The maximum atomic E-state index is 12.7. The first-order chi connectivity index (χ1) is 12.7. The van der Waals surface area contributed by atoms with Gasteiger partial charge in [0, 0.05) is 31.8 Å². The van der Waals surface area contributed by atoms with Crippen molar-refractivity contribution >= 4 is 16.7 Å². The summed E-state index contributed by atoms with van der Waals surface area (Å²) in [5.41, 5.74) is 0.613. The van der Waals surface area contributed by atoms with Gasteiger partial charge in [-0.25, -0.2) is 0 Å². The van der Waals surface area contributed by atoms with Gasteiger partial charge in [-0.15, -0.1) is 0 Å². The van der Waals surface area contributed by atoms with Crippen LogP contribution in [0.1, 0.15) is 11.6 Å². The number of pyridine rings is 1. The van der Waals surface area contributed by atoms with Gasteiger partial charge in [-0.2, -0.15) is 15.4 Å². The minimum absolute atomic E-state index is 0.00559. The molecule has 0 saturated carbocycles. The summed E-state index contributed by atoms with van der Waals surface area (Å²) in [6.07, 6.45) is 3.18. The number of aromatic amines is 1. The number of nitrogens with zero attached hydrogens (tertiary/aromatic N) is 4. The molecule has 0 aliphatic carbocycles. The minimum atomic E-state index is -0.160. The molecule has 1 fully saturated rings. The summed E-state index contributed by atoms with van der Waals surface area (Å²) in [7, 11) is 1.62. The fraction of sp³-hybridized carbons (Fsp3) is 0.333. The Balaban J connectivity index is 1.54. The molecule has 26 heavy (non-hydrogen) atoms. The summed E-state index contributed by atoms with van der Waals surface area (Å²) in [5, 5.41) is 12.0. The molecular formula is C18H19N5O3. The van der Waals surface area contributed by atoms with E-state index in [1.807, 2.05) is 24.3 Å². The second-order valence-corrected chi connectivity index (χ2v) is 6.41. The van der Waals surface area contributed by atoms with Crippen LogP contribution in [0.4, 0.5) is 0 Å². The van der Waals surface area contributed by atoms with Crippen LogP contribution in [-0.2, 0) is 16.1 Å². The molecule has 0 unspecified atom stereocenters. The van der Waals surface area contributed by atoms with E-state index in [-0.39, 0.29) is 30.0 Å². The van der Waals surface area contributed by atoms with Crippen LogP contribution in [0.15, 0.2) is 47.5 Å². The standard InChI is InChI=1S/C18H19N5O3/c1-26-16-10-23(9-14(16)15-8-19-21-20-15)17(24)11-22-7-6-12-4-2-3-5-13(12)18(22)25/h2-8,14,16H,9-11H2,1H3,(H,19,20,21)/t14-,16+/m0/s1. The smallest absolute Gasteiger partial charge is 0.258 e. The molecule has 3 heterocycles. The predicted molar refractivity (Wildman–Crippen MR) is 94.7 cm³/mol. The van der Waals surface area contributed by atoms with Crippen molar-refractivity contribution in [2.24, 2.45) is 0 Å². The number of H-pyrrole nitrogens is 1. The third kappa shape index (κ3) is 2.88. The second kappa shape index (κ2) is 6.72. The Kier molecular flexibility index (Phi) is 4.26. The van der Waals surface area contributed by atoms with E-state index < -0.39 is 0 Å². The van der Waals surface area contributed by atoms with E-state index in [9.17, 15) is 9.59 Å². The maximum absolute atomic E-state index is 12.7. The molecule has 1 aromatic carbocycles. The number of ether oxygens (including phenoxy) is 1. The zero-order chi connectivity index (χ0) is 18.1. The Hall–Kier alpha value is -3.00. The number of amides is 1. The monoisotopic (exact) mass is 353 g/mol. The van der Waals surface area contributed by atoms with E-state index in [4.69, 9.17) is 4.74 Å². The van der Waals surface area contributed by atoms with Gasteiger partial charge in [0.1, 0.15) is 6.54 Å². The summed E-state index contributed by atoms with van der Waals surface area (Å²) < 4.78 is 6.97. The SMILES string of the molecule is CO[C@@H]1CN(C(=O)Cn2ccc3ccccc3c2=O)C[C@H]1c1cn[nH]n1. The Morgan fingerprint density at radius 3 is 2.92 bits per heavy atom. The molecule has 8 heteroatoms. The molecule has 3 aromatic rings. The van der Waals surface area contributed by atoms with Crippen LogP contribution in [-0.4, -0.2) is 57.1 Å². The van der Waals surface area contributed by atoms with Crippen LogP contribution in [0.25, 0.3) is 10.8 Å². The molecule has 4 rings (SSSR count). The highest BCUT2D eigenvalue weighted by Crippen LogP contribution is 2.27. The topological polar surface area (TPSA) is 93.1 Å². The lowest BCUT2D eigenvalue weighted by molar-refractivity contribution is -0.131. The number of rotatable bonds is 4. The molecule has 2 atom stereocenters. The van der Waals surface area contributed by atoms with Gasteiger partial charge >= 0.3 is 0 Å². The Morgan fingerprint density at radius 1 is 1.31 bits per heavy atom. The van der Waals surface area contributed by atoms with Crippen molar-refractivity contribution < 1.29 is 9.53 Å². The second-order valence-electron chi connectivity index (χ2n) is 6.41. The lowest BCUT2D eigenvalue weighted by atomic mass is 10.0. The van der Waals surface area contributed by atoms with Gasteiger partial charge in [-0.05, 0) is 17.5 Å². The lowest BCUT2D eigenvalue weighted by Gasteiger charge is -2.17. The molecule has 8 nitrogen and oxygen atoms in total. The van der Waals surface area contributed by atoms with Crippen molar-refractivity contribution in [3.05, 3.63) is 58.8 Å². The van der Waals surface area contributed by atoms with Gasteiger partial charge in [0.15, 0.2) is 0 Å². The zero-order valence-corrected chi connectivity index (χ0v) is 14.3. The highest BCUT2D eigenvalue weighted by molar-refractivity contribution is 5.82. The van der Waals surface area contributed by atoms with Gasteiger partial charge in [0.05, 0.1) is 23.9 Å². The molecule has 1 N–H and O–H groups in total. The van der Waals surface area contributed by atoms with Crippen molar-refractivity contribution in [2.75, 3.05) is 20.2 Å². The normalized spacial score (nSPS) is 20.0. The quantitative estimate of drug-likeness (QED) is 0.747. The molecule has 0 spiro atoms. The van der Waals surface area contributed by atoms with Crippen molar-refractivity contribution in [1.29, 1.82) is 0 Å². The van der Waals surface area contributed by atoms with Gasteiger partial charge in [-0.3, -0.25) is 9.59 Å². The van der Waals surface area contributed by atoms with Gasteiger partial charge in [0.25, 0.3) is 5.56 Å². The van der Waals surface area contributed by atoms with Crippen LogP contribution in [0, 0.1) is 0 Å². The van der Waals surface area contributed by atoms with E-state index in [0.717, 1.165) is 11.1 Å². The number of likely N-dealkylation sites (tertiary alicyclic amines) is 1. The van der Waals surface area contributed by atoms with Crippen LogP contribution in [0.3, 0.4) is 0 Å². The number of aromatic nitrogens is 4. The first kappa shape index (κ1) is 16.5. The van der Waals surface area contributed by atoms with Gasteiger partial charge in [-0.1, -0.05) is 18.2 Å². The van der Waals surface area contributed by atoms with Crippen LogP contribution < -0.4 is 5.56 Å². The molecule has 1 amide bonds. The van der Waals surface area contributed by atoms with Crippen LogP contribution in [0.5, 0.6) is 0 Å². The molecular weight excluding hydrogens is 334 g/mol. The van der Waals surface area contributed by atoms with Gasteiger partial charge in [0.2, 0.25) is 5.91 Å². The third-order valence-corrected chi connectivity index (χ3v) is 4.93. The first-order valence-electron chi connectivity index (χ1n) is 8.42. The molecule has 0 bridgehead atoms. The number of methoxy groups -OCH3 is 1. The number of carbonyl (C=O) groups excluding carboxylic acids is 1. The largest absolute Gasteiger partial charge is 0.379 e. The Bertz CT molecular complexity index is 982. The van der Waals surface area contributed by atoms with E-state index in [0.29, 0.717) is 18.5 Å². The summed E-state index contributed by atoms with van der Waals surface area (Å²) in [6.45, 7) is 0.965. The number of benzene rings is 1. The van der Waals surface area contributed by atoms with Crippen molar-refractivity contribution in [3.63, 3.8) is 0 Å². The number of carbonyl (C=O) groups is 1. The van der Waals surface area contributed by atoms with Gasteiger partial charge < -0.3 is 14.2 Å². The highest BCUT2D eigenvalue weighted by Gasteiger charge is 2.37. The number of nitrogens with one attached hydrogen (secondary N) is 1. The van der Waals surface area contributed by atoms with Crippen molar-refractivity contribution in [1.82, 2.24) is 24.9 Å². The van der Waals surface area contributed by atoms with Crippen LogP contribution >= 0.6 is 0 Å². The number of hydrogen-bond acceptors (Lipinski definition) is 5. The summed E-state index contributed by atoms with van der Waals surface area (Å²) in [6, 6.07) is 9.22. The lowest BCUT2D eigenvalue weighted by Crippen LogP contribution is -2.35. The van der Waals surface area contributed by atoms with E-state index in [2.05, 4.69) is 15.4 Å². The molecule has 1 aliphatic rings. The molecule has 1 saturated heterocycles. The van der Waals surface area contributed by atoms with E-state index in [1.165, 1.54) is 4.57 Å². The summed E-state index contributed by atoms with van der Waals surface area (Å²) >= 11 is 0. The molecule has 2 aromatic heterocycles. The fourth-order valence-electron chi connectivity index (χ4n) is 3.49. The Labute approximate surface area is 149 Å². The maximum Gasteiger partial charge on any atom is 0.258 e. The number of fused-ring (bicyclic) bond motifs is 1. The van der Waals surface area contributed by atoms with Crippen molar-refractivity contribution in [2.45, 2.75) is 18.6 Å². The minimum Gasteiger partial charge on any atom is -0.379 e. The average Bonchev–Trinajstić information content (AvgIpc) is 3.33.